The maximum absolute atomic E-state index is 9.71. The van der Waals surface area contributed by atoms with Crippen LogP contribution in [0, 0.1) is 0 Å². The fourth-order valence-corrected chi connectivity index (χ4v) is 0.263. The molecule has 0 aliphatic heterocycles. The van der Waals surface area contributed by atoms with Gasteiger partial charge >= 0.3 is 23.1 Å². The monoisotopic (exact) mass is 155 g/mol. The van der Waals surface area contributed by atoms with Crippen LogP contribution in [0.5, 0.6) is 0 Å². The number of carbonyl (C=O) groups excluding carboxylic acids is 2. The molecule has 0 heterocycles. The molecule has 0 amide bonds. The van der Waals surface area contributed by atoms with Crippen molar-refractivity contribution >= 4 is 35.0 Å². The topological polar surface area (TPSA) is 106 Å². The molecule has 0 aliphatic rings. The van der Waals surface area contributed by atoms with Crippen molar-refractivity contribution in [1.82, 2.24) is 0 Å². The molecule has 10 heavy (non-hydrogen) atoms. The van der Waals surface area contributed by atoms with Crippen molar-refractivity contribution in [3.8, 4) is 0 Å². The summed E-state index contributed by atoms with van der Waals surface area (Å²) in [4.78, 5) is 19.3. The first-order valence-electron chi connectivity index (χ1n) is 2.20. The van der Waals surface area contributed by atoms with Crippen LogP contribution in [-0.4, -0.2) is 41.0 Å². The first-order valence-corrected chi connectivity index (χ1v) is 2.20. The Labute approximate surface area is 73.4 Å². The summed E-state index contributed by atoms with van der Waals surface area (Å²) in [6.07, 6.45) is -0.706. The quantitative estimate of drug-likeness (QED) is 0.416. The molecule has 0 rings (SSSR count). The summed E-state index contributed by atoms with van der Waals surface area (Å²) in [6.45, 7) is 0. The minimum atomic E-state index is -1.58. The van der Waals surface area contributed by atoms with E-state index in [0.29, 0.717) is 0 Å². The van der Waals surface area contributed by atoms with Crippen molar-refractivity contribution < 1.29 is 19.8 Å². The number of hydrogen-bond acceptors (Lipinski definition) is 5. The van der Waals surface area contributed by atoms with Gasteiger partial charge in [0.2, 0.25) is 0 Å². The largest absolute Gasteiger partial charge is 2.00 e. The summed E-state index contributed by atoms with van der Waals surface area (Å²) >= 11 is 0. The Balaban J connectivity index is 0. The van der Waals surface area contributed by atoms with E-state index in [0.717, 1.165) is 0 Å². The van der Waals surface area contributed by atoms with Crippen molar-refractivity contribution in [2.75, 3.05) is 0 Å². The number of carboxylic acid groups (broad SMARTS) is 2. The van der Waals surface area contributed by atoms with Gasteiger partial charge in [-0.15, -0.1) is 0 Å². The predicted octanol–water partition coefficient (Wildman–Crippen LogP) is -4.18. The molecule has 0 fully saturated rings. The average Bonchev–Trinajstić information content (AvgIpc) is 1.63. The second kappa shape index (κ2) is 5.45. The van der Waals surface area contributed by atoms with Crippen LogP contribution in [0.3, 0.4) is 0 Å². The van der Waals surface area contributed by atoms with Crippen molar-refractivity contribution in [3.05, 3.63) is 0 Å². The molecule has 5 nitrogen and oxygen atoms in total. The van der Waals surface area contributed by atoms with Gasteiger partial charge in [0.05, 0.1) is 5.97 Å². The fourth-order valence-electron chi connectivity index (χ4n) is 0.263. The van der Waals surface area contributed by atoms with Crippen molar-refractivity contribution in [2.45, 2.75) is 12.5 Å². The van der Waals surface area contributed by atoms with Gasteiger partial charge in [-0.1, -0.05) is 0 Å². The van der Waals surface area contributed by atoms with E-state index in [-0.39, 0.29) is 23.1 Å². The summed E-state index contributed by atoms with van der Waals surface area (Å²) in [5, 5.41) is 19.3. The van der Waals surface area contributed by atoms with Gasteiger partial charge in [-0.2, -0.15) is 0 Å². The first-order chi connectivity index (χ1) is 4.04. The zero-order chi connectivity index (χ0) is 7.44. The zero-order valence-corrected chi connectivity index (χ0v) is 6.62. The molecule has 0 radical (unpaired) electrons. The molecule has 0 aromatic heterocycles. The minimum Gasteiger partial charge on any atom is -0.550 e. The molecule has 0 aromatic rings. The van der Waals surface area contributed by atoms with Crippen molar-refractivity contribution in [2.24, 2.45) is 5.73 Å². The summed E-state index contributed by atoms with van der Waals surface area (Å²) in [6, 6.07) is -1.46. The Morgan fingerprint density at radius 2 is 1.80 bits per heavy atom. The number of aliphatic carboxylic acids is 2. The van der Waals surface area contributed by atoms with Gasteiger partial charge in [-0.05, 0) is 0 Å². The van der Waals surface area contributed by atoms with Crippen LogP contribution in [0.2, 0.25) is 0 Å². The first kappa shape index (κ1) is 12.4. The van der Waals surface area contributed by atoms with Crippen LogP contribution in [0.15, 0.2) is 0 Å². The Bertz CT molecular complexity index is 137. The molecule has 0 spiro atoms. The number of hydrogen-bond donors (Lipinski definition) is 1. The van der Waals surface area contributed by atoms with Crippen LogP contribution in [0.4, 0.5) is 0 Å². The maximum Gasteiger partial charge on any atom is 2.00 e. The molecule has 6 heteroatoms. The fraction of sp³-hybridized carbons (Fsp3) is 0.500. The number of nitrogens with two attached hydrogens (primary N) is 1. The average molecular weight is 155 g/mol. The van der Waals surface area contributed by atoms with Gasteiger partial charge in [0.25, 0.3) is 0 Å². The van der Waals surface area contributed by atoms with Crippen LogP contribution >= 0.6 is 0 Å². The third-order valence-corrected chi connectivity index (χ3v) is 0.689. The Morgan fingerprint density at radius 1 is 1.40 bits per heavy atom. The van der Waals surface area contributed by atoms with E-state index in [1.54, 1.807) is 0 Å². The van der Waals surface area contributed by atoms with E-state index in [1.165, 1.54) is 0 Å². The van der Waals surface area contributed by atoms with Gasteiger partial charge in [0.1, 0.15) is 0 Å². The van der Waals surface area contributed by atoms with E-state index in [1.807, 2.05) is 0 Å². The summed E-state index contributed by atoms with van der Waals surface area (Å²) in [5.41, 5.74) is 4.73. The van der Waals surface area contributed by atoms with E-state index in [2.05, 4.69) is 0 Å². The summed E-state index contributed by atoms with van der Waals surface area (Å²) in [7, 11) is 0. The van der Waals surface area contributed by atoms with Crippen LogP contribution in [-0.2, 0) is 9.59 Å². The normalized spacial score (nSPS) is 11.3. The Hall–Kier alpha value is -0.334. The number of carboxylic acids is 2. The molecule has 0 aromatic carbocycles. The van der Waals surface area contributed by atoms with Crippen LogP contribution in [0.25, 0.3) is 0 Å². The zero-order valence-electron chi connectivity index (χ0n) is 5.20. The molecular weight excluding hydrogens is 150 g/mol. The summed E-state index contributed by atoms with van der Waals surface area (Å²) in [5.74, 6) is -3.08. The standard InChI is InChI=1S/C4H7NO4.Mg/c5-2(4(8)9)1-3(6)7;/h2H,1,5H2,(H,6,7)(H,8,9);/q;+2/p-2/t2-;/m0./s1. The molecule has 0 saturated heterocycles. The van der Waals surface area contributed by atoms with Gasteiger partial charge in [0, 0.05) is 18.4 Å². The molecule has 1 atom stereocenters. The minimum absolute atomic E-state index is 0. The molecular formula is C4H5MgNO4. The molecule has 0 bridgehead atoms. The number of rotatable bonds is 3. The molecule has 0 saturated carbocycles. The number of carbonyl (C=O) groups is 2. The molecule has 0 aliphatic carbocycles. The maximum atomic E-state index is 9.71. The van der Waals surface area contributed by atoms with E-state index in [4.69, 9.17) is 5.73 Å². The Morgan fingerprint density at radius 3 is 1.90 bits per heavy atom. The predicted molar refractivity (Wildman–Crippen MR) is 28.4 cm³/mol. The Kier molecular flexibility index (Phi) is 6.73. The van der Waals surface area contributed by atoms with E-state index in [9.17, 15) is 19.8 Å². The summed E-state index contributed by atoms with van der Waals surface area (Å²) < 4.78 is 0. The van der Waals surface area contributed by atoms with Crippen LogP contribution < -0.4 is 15.9 Å². The molecule has 2 N–H and O–H groups in total. The van der Waals surface area contributed by atoms with Crippen molar-refractivity contribution in [3.63, 3.8) is 0 Å². The van der Waals surface area contributed by atoms with Gasteiger partial charge in [-0.25, -0.2) is 0 Å². The second-order valence-electron chi connectivity index (χ2n) is 1.50. The van der Waals surface area contributed by atoms with Gasteiger partial charge in [-0.3, -0.25) is 0 Å². The SMILES string of the molecule is N[C@@H](CC(=O)[O-])C(=O)[O-].[Mg+2]. The van der Waals surface area contributed by atoms with Crippen molar-refractivity contribution in [1.29, 1.82) is 0 Å². The van der Waals surface area contributed by atoms with Gasteiger partial charge in [0.15, 0.2) is 0 Å². The van der Waals surface area contributed by atoms with E-state index < -0.39 is 24.4 Å². The van der Waals surface area contributed by atoms with Gasteiger partial charge < -0.3 is 25.5 Å². The smallest absolute Gasteiger partial charge is 0.550 e. The molecule has 52 valence electrons. The van der Waals surface area contributed by atoms with E-state index >= 15 is 0 Å². The third-order valence-electron chi connectivity index (χ3n) is 0.689. The molecule has 0 unspecified atom stereocenters. The third kappa shape index (κ3) is 5.80. The second-order valence-corrected chi connectivity index (χ2v) is 1.50. The van der Waals surface area contributed by atoms with Crippen LogP contribution in [0.1, 0.15) is 6.42 Å².